The molecule has 2 heterocycles. The van der Waals surface area contributed by atoms with Gasteiger partial charge in [-0.3, -0.25) is 0 Å². The number of fused-ring (bicyclic) bond motifs is 3. The fraction of sp³-hybridized carbons (Fsp3) is 0.357. The van der Waals surface area contributed by atoms with Crippen molar-refractivity contribution in [3.8, 4) is 28.1 Å². The maximum atomic E-state index is 6.13. The standard InChI is InChI=1S/C28H30ClN3O/c1-5-28(2,3)20-10-15-25-23(16-20)26(19-8-13-22(33-4)14-9-19)31-27-24(17-30-32(25)27)18-6-11-21(29)12-7-18/h6-9,11-14,17,20H,5,10,15-16H2,1-4H3/t20-/m0/s1. The summed E-state index contributed by atoms with van der Waals surface area (Å²) in [5.41, 5.74) is 8.09. The van der Waals surface area contributed by atoms with E-state index < -0.39 is 0 Å². The number of halogens is 1. The molecule has 0 bridgehead atoms. The molecule has 1 aliphatic carbocycles. The Morgan fingerprint density at radius 1 is 1.06 bits per heavy atom. The number of methoxy groups -OCH3 is 1. The molecule has 0 saturated carbocycles. The average molecular weight is 460 g/mol. The molecule has 5 heteroatoms. The molecule has 4 aromatic rings. The first-order valence-corrected chi connectivity index (χ1v) is 12.1. The highest BCUT2D eigenvalue weighted by Crippen LogP contribution is 2.43. The van der Waals surface area contributed by atoms with Gasteiger partial charge in [0, 0.05) is 27.4 Å². The number of aryl methyl sites for hydroxylation is 1. The molecule has 0 fully saturated rings. The second-order valence-electron chi connectivity index (χ2n) is 9.70. The summed E-state index contributed by atoms with van der Waals surface area (Å²) in [5.74, 6) is 1.47. The van der Waals surface area contributed by atoms with Crippen molar-refractivity contribution in [2.75, 3.05) is 7.11 Å². The fourth-order valence-corrected chi connectivity index (χ4v) is 5.12. The first-order valence-electron chi connectivity index (χ1n) is 11.7. The van der Waals surface area contributed by atoms with Gasteiger partial charge in [-0.2, -0.15) is 5.10 Å². The summed E-state index contributed by atoms with van der Waals surface area (Å²) < 4.78 is 7.46. The molecule has 170 valence electrons. The number of benzene rings is 2. The second-order valence-corrected chi connectivity index (χ2v) is 10.1. The smallest absolute Gasteiger partial charge is 0.163 e. The van der Waals surface area contributed by atoms with Crippen molar-refractivity contribution in [3.63, 3.8) is 0 Å². The van der Waals surface area contributed by atoms with E-state index in [1.165, 1.54) is 24.1 Å². The van der Waals surface area contributed by atoms with Crippen LogP contribution in [0.5, 0.6) is 5.75 Å². The second kappa shape index (κ2) is 8.49. The van der Waals surface area contributed by atoms with Crippen molar-refractivity contribution in [1.29, 1.82) is 0 Å². The number of aromatic nitrogens is 3. The molecule has 4 nitrogen and oxygen atoms in total. The molecule has 0 amide bonds. The lowest BCUT2D eigenvalue weighted by Gasteiger charge is -2.37. The van der Waals surface area contributed by atoms with E-state index in [0.717, 1.165) is 51.6 Å². The van der Waals surface area contributed by atoms with E-state index in [1.54, 1.807) is 7.11 Å². The van der Waals surface area contributed by atoms with Crippen LogP contribution in [0.4, 0.5) is 0 Å². The Hall–Kier alpha value is -2.85. The third-order valence-corrected chi connectivity index (χ3v) is 7.82. The topological polar surface area (TPSA) is 39.4 Å². The monoisotopic (exact) mass is 459 g/mol. The first kappa shape index (κ1) is 22.0. The van der Waals surface area contributed by atoms with Gasteiger partial charge in [-0.25, -0.2) is 9.50 Å². The van der Waals surface area contributed by atoms with Crippen molar-refractivity contribution >= 4 is 17.2 Å². The van der Waals surface area contributed by atoms with Gasteiger partial charge in [0.2, 0.25) is 0 Å². The number of hydrogen-bond donors (Lipinski definition) is 0. The van der Waals surface area contributed by atoms with Crippen molar-refractivity contribution in [2.24, 2.45) is 11.3 Å². The Bertz CT molecular complexity index is 1290. The van der Waals surface area contributed by atoms with E-state index in [2.05, 4.69) is 37.4 Å². The van der Waals surface area contributed by atoms with Crippen LogP contribution in [0.2, 0.25) is 5.02 Å². The average Bonchev–Trinajstić information content (AvgIpc) is 3.28. The van der Waals surface area contributed by atoms with E-state index in [-0.39, 0.29) is 0 Å². The molecule has 0 unspecified atom stereocenters. The zero-order chi connectivity index (χ0) is 23.2. The van der Waals surface area contributed by atoms with Crippen LogP contribution in [0.3, 0.4) is 0 Å². The first-order chi connectivity index (χ1) is 15.9. The molecular weight excluding hydrogens is 430 g/mol. The number of nitrogens with zero attached hydrogens (tertiary/aromatic N) is 3. The van der Waals surface area contributed by atoms with E-state index in [0.29, 0.717) is 11.3 Å². The summed E-state index contributed by atoms with van der Waals surface area (Å²) in [5, 5.41) is 5.53. The normalized spacial score (nSPS) is 16.1. The molecule has 1 aliphatic rings. The molecule has 2 aromatic heterocycles. The van der Waals surface area contributed by atoms with Gasteiger partial charge in [-0.1, -0.05) is 50.9 Å². The minimum Gasteiger partial charge on any atom is -0.497 e. The molecule has 2 aromatic carbocycles. The SMILES string of the molecule is CCC(C)(C)[C@H]1CCc2c(c(-c3ccc(OC)cc3)nc3c(-c4ccc(Cl)cc4)cnn23)C1. The van der Waals surface area contributed by atoms with E-state index in [1.807, 2.05) is 42.6 Å². The lowest BCUT2D eigenvalue weighted by molar-refractivity contribution is 0.181. The molecule has 5 rings (SSSR count). The maximum Gasteiger partial charge on any atom is 0.163 e. The van der Waals surface area contributed by atoms with Gasteiger partial charge in [-0.05, 0) is 72.6 Å². The Morgan fingerprint density at radius 2 is 1.76 bits per heavy atom. The maximum absolute atomic E-state index is 6.13. The van der Waals surface area contributed by atoms with Crippen molar-refractivity contribution in [2.45, 2.75) is 46.5 Å². The van der Waals surface area contributed by atoms with Crippen LogP contribution < -0.4 is 4.74 Å². The molecule has 0 N–H and O–H groups in total. The Balaban J connectivity index is 1.71. The predicted molar refractivity (Wildman–Crippen MR) is 135 cm³/mol. The molecule has 33 heavy (non-hydrogen) atoms. The minimum absolute atomic E-state index is 0.294. The highest BCUT2D eigenvalue weighted by molar-refractivity contribution is 6.30. The quantitative estimate of drug-likeness (QED) is 0.315. The van der Waals surface area contributed by atoms with Crippen LogP contribution in [-0.2, 0) is 12.8 Å². The summed E-state index contributed by atoms with van der Waals surface area (Å²) in [7, 11) is 1.70. The van der Waals surface area contributed by atoms with Gasteiger partial charge >= 0.3 is 0 Å². The van der Waals surface area contributed by atoms with E-state index >= 15 is 0 Å². The summed E-state index contributed by atoms with van der Waals surface area (Å²) in [6, 6.07) is 16.2. The van der Waals surface area contributed by atoms with Crippen LogP contribution in [-0.4, -0.2) is 21.7 Å². The zero-order valence-corrected chi connectivity index (χ0v) is 20.5. The Labute approximate surface area is 200 Å². The Morgan fingerprint density at radius 3 is 2.42 bits per heavy atom. The molecule has 0 saturated heterocycles. The van der Waals surface area contributed by atoms with Crippen LogP contribution in [0.25, 0.3) is 28.0 Å². The van der Waals surface area contributed by atoms with Crippen LogP contribution >= 0.6 is 11.6 Å². The van der Waals surface area contributed by atoms with Crippen molar-refractivity contribution < 1.29 is 4.74 Å². The van der Waals surface area contributed by atoms with Gasteiger partial charge in [0.25, 0.3) is 0 Å². The van der Waals surface area contributed by atoms with Gasteiger partial charge < -0.3 is 4.74 Å². The predicted octanol–water partition coefficient (Wildman–Crippen LogP) is 7.27. The lowest BCUT2D eigenvalue weighted by atomic mass is 9.68. The van der Waals surface area contributed by atoms with Gasteiger partial charge in [0.1, 0.15) is 5.75 Å². The lowest BCUT2D eigenvalue weighted by Crippen LogP contribution is -2.30. The number of ether oxygens (including phenoxy) is 1. The minimum atomic E-state index is 0.294. The van der Waals surface area contributed by atoms with Gasteiger partial charge in [-0.15, -0.1) is 0 Å². The summed E-state index contributed by atoms with van der Waals surface area (Å²) in [6.07, 6.45) is 6.31. The molecular formula is C28H30ClN3O. The van der Waals surface area contributed by atoms with Crippen molar-refractivity contribution in [1.82, 2.24) is 14.6 Å². The molecule has 0 radical (unpaired) electrons. The van der Waals surface area contributed by atoms with Crippen LogP contribution in [0.1, 0.15) is 44.9 Å². The van der Waals surface area contributed by atoms with Gasteiger partial charge in [0.05, 0.1) is 19.0 Å². The summed E-state index contributed by atoms with van der Waals surface area (Å²) >= 11 is 6.13. The van der Waals surface area contributed by atoms with E-state index in [9.17, 15) is 0 Å². The highest BCUT2D eigenvalue weighted by atomic mass is 35.5. The highest BCUT2D eigenvalue weighted by Gasteiger charge is 2.34. The Kier molecular flexibility index (Phi) is 5.65. The van der Waals surface area contributed by atoms with Crippen LogP contribution in [0.15, 0.2) is 54.7 Å². The molecule has 1 atom stereocenters. The summed E-state index contributed by atoms with van der Waals surface area (Å²) in [4.78, 5) is 5.24. The zero-order valence-electron chi connectivity index (χ0n) is 19.7. The van der Waals surface area contributed by atoms with E-state index in [4.69, 9.17) is 26.4 Å². The van der Waals surface area contributed by atoms with Gasteiger partial charge in [0.15, 0.2) is 5.65 Å². The largest absolute Gasteiger partial charge is 0.497 e. The van der Waals surface area contributed by atoms with Crippen LogP contribution in [0, 0.1) is 11.3 Å². The van der Waals surface area contributed by atoms with Crippen molar-refractivity contribution in [3.05, 3.63) is 71.0 Å². The molecule has 0 aliphatic heterocycles. The third kappa shape index (κ3) is 3.91. The fourth-order valence-electron chi connectivity index (χ4n) is 4.99. The molecule has 0 spiro atoms. The summed E-state index contributed by atoms with van der Waals surface area (Å²) in [6.45, 7) is 7.09. The number of rotatable bonds is 5. The third-order valence-electron chi connectivity index (χ3n) is 7.57. The number of hydrogen-bond acceptors (Lipinski definition) is 3.